The number of rotatable bonds is 8. The van der Waals surface area contributed by atoms with Crippen molar-refractivity contribution in [1.29, 1.82) is 0 Å². The van der Waals surface area contributed by atoms with Gasteiger partial charge in [0.2, 0.25) is 0 Å². The Morgan fingerprint density at radius 1 is 1.07 bits per heavy atom. The monoisotopic (exact) mass is 422 g/mol. The first-order chi connectivity index (χ1) is 6.12. The van der Waals surface area contributed by atoms with Gasteiger partial charge < -0.3 is 4.89 Å². The van der Waals surface area contributed by atoms with Crippen LogP contribution in [0.15, 0.2) is 0 Å². The van der Waals surface area contributed by atoms with E-state index in [1.54, 1.807) is 0 Å². The first kappa shape index (κ1) is 17.4. The summed E-state index contributed by atoms with van der Waals surface area (Å²) < 4.78 is 20.5. The van der Waals surface area contributed by atoms with Crippen molar-refractivity contribution >= 4 is 34.0 Å². The van der Waals surface area contributed by atoms with E-state index in [-0.39, 0.29) is 39.4 Å². The van der Waals surface area contributed by atoms with Crippen molar-refractivity contribution in [1.82, 2.24) is 0 Å². The molecule has 0 bridgehead atoms. The summed E-state index contributed by atoms with van der Waals surface area (Å²) in [6.07, 6.45) is 3.44. The number of phosphoric ester groups is 1. The van der Waals surface area contributed by atoms with E-state index in [2.05, 4.69) is 0 Å². The predicted molar refractivity (Wildman–Crippen MR) is 61.5 cm³/mol. The van der Waals surface area contributed by atoms with Crippen LogP contribution in [0.2, 0.25) is 0 Å². The van der Waals surface area contributed by atoms with Crippen LogP contribution in [0.5, 0.6) is 0 Å². The molecule has 0 saturated heterocycles. The Bertz CT molecular complexity index is 151. The van der Waals surface area contributed by atoms with Gasteiger partial charge in [-0.05, 0) is 12.8 Å². The van der Waals surface area contributed by atoms with Gasteiger partial charge in [0.15, 0.2) is 0 Å². The van der Waals surface area contributed by atoms with E-state index in [1.165, 1.54) is 0 Å². The minimum absolute atomic E-state index is 0. The van der Waals surface area contributed by atoms with E-state index in [0.717, 1.165) is 25.7 Å². The Hall–Kier alpha value is 0.993. The van der Waals surface area contributed by atoms with Crippen LogP contribution in [0.1, 0.15) is 39.5 Å². The van der Waals surface area contributed by atoms with Crippen LogP contribution in [0.25, 0.3) is 0 Å². The molecule has 1 N–H and O–H groups in total. The van der Waals surface area contributed by atoms with Crippen LogP contribution in [0.3, 0.4) is 0 Å². The van der Waals surface area contributed by atoms with E-state index >= 15 is 0 Å². The molecule has 0 rings (SSSR count). The summed E-state index contributed by atoms with van der Waals surface area (Å²) in [7, 11) is -3.75. The normalized spacial score (nSPS) is 11.1. The molecule has 0 aliphatic rings. The van der Waals surface area contributed by atoms with Crippen molar-refractivity contribution in [2.75, 3.05) is 13.2 Å². The zero-order valence-corrected chi connectivity index (χ0v) is 15.5. The fourth-order valence-electron chi connectivity index (χ4n) is 0.686. The van der Waals surface area contributed by atoms with E-state index in [9.17, 15) is 4.57 Å². The van der Waals surface area contributed by atoms with E-state index < -0.39 is 7.82 Å². The molecule has 88 valence electrons. The van der Waals surface area contributed by atoms with Crippen LogP contribution in [0, 0.1) is 0 Å². The second kappa shape index (κ2) is 10.5. The van der Waals surface area contributed by atoms with Gasteiger partial charge in [0.1, 0.15) is 0 Å². The number of unbranched alkanes of at least 4 members (excludes halogenated alkanes) is 2. The van der Waals surface area contributed by atoms with Crippen LogP contribution in [0.4, 0.5) is 0 Å². The molecule has 0 saturated carbocycles. The van der Waals surface area contributed by atoms with Crippen molar-refractivity contribution in [3.63, 3.8) is 0 Å². The molecule has 4 nitrogen and oxygen atoms in total. The summed E-state index contributed by atoms with van der Waals surface area (Å²) in [5.41, 5.74) is 0. The van der Waals surface area contributed by atoms with Gasteiger partial charge in [-0.25, -0.2) is 4.57 Å². The summed E-state index contributed by atoms with van der Waals surface area (Å²) >= 11 is 0. The van der Waals surface area contributed by atoms with Crippen LogP contribution >= 0.6 is 7.82 Å². The van der Waals surface area contributed by atoms with Crippen molar-refractivity contribution < 1.29 is 18.5 Å². The molecule has 0 unspecified atom stereocenters. The quantitative estimate of drug-likeness (QED) is 0.367. The Morgan fingerprint density at radius 3 is 1.71 bits per heavy atom. The summed E-state index contributed by atoms with van der Waals surface area (Å²) in [6, 6.07) is 0. The third-order valence-corrected chi connectivity index (χ3v) is 2.52. The van der Waals surface area contributed by atoms with E-state index in [4.69, 9.17) is 13.9 Å². The first-order valence-electron chi connectivity index (χ1n) is 4.74. The third-order valence-electron chi connectivity index (χ3n) is 1.50. The molecule has 0 aliphatic heterocycles. The molecule has 0 radical (unpaired) electrons. The number of hydrogen-bond donors (Lipinski definition) is 1. The molecule has 6 heteroatoms. The van der Waals surface area contributed by atoms with Gasteiger partial charge in [0.05, 0.1) is 13.2 Å². The Balaban J connectivity index is 0. The Labute approximate surface area is 105 Å². The first-order valence-corrected chi connectivity index (χ1v) is 6.23. The van der Waals surface area contributed by atoms with E-state index in [0.29, 0.717) is 0 Å². The molecule has 0 aromatic rings. The van der Waals surface area contributed by atoms with Gasteiger partial charge >= 0.3 is 34.0 Å². The molecule has 0 fully saturated rings. The summed E-state index contributed by atoms with van der Waals surface area (Å²) in [4.78, 5) is 9.08. The van der Waals surface area contributed by atoms with Gasteiger partial charge in [-0.1, -0.05) is 26.7 Å². The predicted octanol–water partition coefficient (Wildman–Crippen LogP) is 1.54. The molecule has 14 heavy (non-hydrogen) atoms. The molecular weight excluding hydrogens is 400 g/mol. The van der Waals surface area contributed by atoms with Crippen LogP contribution in [-0.4, -0.2) is 44.3 Å². The zero-order valence-electron chi connectivity index (χ0n) is 9.07. The summed E-state index contributed by atoms with van der Waals surface area (Å²) in [5.74, 6) is 0. The molecule has 0 amide bonds. The van der Waals surface area contributed by atoms with Gasteiger partial charge in [0, 0.05) is 0 Å². The molecule has 0 spiro atoms. The second-order valence-corrected chi connectivity index (χ2v) is 4.30. The van der Waals surface area contributed by atoms with Crippen molar-refractivity contribution in [2.24, 2.45) is 0 Å². The van der Waals surface area contributed by atoms with Crippen LogP contribution in [-0.2, 0) is 13.6 Å². The van der Waals surface area contributed by atoms with Crippen molar-refractivity contribution in [3.8, 4) is 0 Å². The zero-order chi connectivity index (χ0) is 10.2. The Morgan fingerprint density at radius 2 is 1.43 bits per heavy atom. The average Bonchev–Trinajstić information content (AvgIpc) is 2.05. The topological polar surface area (TPSA) is 55.8 Å². The van der Waals surface area contributed by atoms with E-state index in [1.807, 2.05) is 13.8 Å². The van der Waals surface area contributed by atoms with Gasteiger partial charge in [-0.15, -0.1) is 0 Å². The third kappa shape index (κ3) is 11.1. The molecule has 0 aliphatic carbocycles. The summed E-state index contributed by atoms with van der Waals surface area (Å²) in [6.45, 7) is 4.56. The average molecular weight is 422 g/mol. The van der Waals surface area contributed by atoms with Gasteiger partial charge in [-0.3, -0.25) is 9.05 Å². The SMILES string of the molecule is CCCCOP(=O)(O)OCCCC.[BiH3]. The van der Waals surface area contributed by atoms with Crippen molar-refractivity contribution in [3.05, 3.63) is 0 Å². The van der Waals surface area contributed by atoms with Crippen molar-refractivity contribution in [2.45, 2.75) is 39.5 Å². The fraction of sp³-hybridized carbons (Fsp3) is 1.00. The molecule has 0 aromatic carbocycles. The maximum atomic E-state index is 11.1. The molecule has 0 aromatic heterocycles. The van der Waals surface area contributed by atoms with Crippen LogP contribution < -0.4 is 0 Å². The fourth-order valence-corrected chi connectivity index (χ4v) is 1.48. The summed E-state index contributed by atoms with van der Waals surface area (Å²) in [5, 5.41) is 0. The van der Waals surface area contributed by atoms with Gasteiger partial charge in [-0.2, -0.15) is 0 Å². The standard InChI is InChI=1S/C8H19O4P.Bi.3H/c1-3-5-7-11-13(9,10)12-8-6-4-2;;;;/h3-8H2,1-2H3,(H,9,10);;;;. The maximum absolute atomic E-state index is 11.1. The molecule has 0 heterocycles. The number of phosphoric acid groups is 1. The Kier molecular flexibility index (Phi) is 13.1. The molecule has 0 atom stereocenters. The van der Waals surface area contributed by atoms with Gasteiger partial charge in [0.25, 0.3) is 0 Å². The minimum atomic E-state index is -3.75. The molecular formula is C8H22BiO4P. The second-order valence-electron chi connectivity index (χ2n) is 2.84. The number of hydrogen-bond acceptors (Lipinski definition) is 3.